The molecule has 0 atom stereocenters. The van der Waals surface area contributed by atoms with Crippen LogP contribution in [-0.4, -0.2) is 24.5 Å². The summed E-state index contributed by atoms with van der Waals surface area (Å²) in [5.41, 5.74) is 3.81. The summed E-state index contributed by atoms with van der Waals surface area (Å²) in [6.45, 7) is 2.67. The summed E-state index contributed by atoms with van der Waals surface area (Å²) in [5.74, 6) is 0.771. The van der Waals surface area contributed by atoms with Crippen molar-refractivity contribution < 1.29 is 4.79 Å². The maximum atomic E-state index is 12.9. The van der Waals surface area contributed by atoms with Gasteiger partial charge in [0.15, 0.2) is 0 Å². The Hall–Kier alpha value is -2.36. The Balaban J connectivity index is 1.98. The number of hydrogen-bond acceptors (Lipinski definition) is 3. The molecule has 3 rings (SSSR count). The van der Waals surface area contributed by atoms with Crippen LogP contribution in [-0.2, 0) is 6.42 Å². The minimum absolute atomic E-state index is 0.0455. The SMILES string of the molecule is CNc1cc(C(=O)N2CCCc3ccccc32)cc(C)n1. The summed E-state index contributed by atoms with van der Waals surface area (Å²) in [4.78, 5) is 19.1. The molecular weight excluding hydrogens is 262 g/mol. The van der Waals surface area contributed by atoms with Gasteiger partial charge in [0.2, 0.25) is 0 Å². The van der Waals surface area contributed by atoms with Gasteiger partial charge in [-0.15, -0.1) is 0 Å². The third-order valence-electron chi connectivity index (χ3n) is 3.81. The number of aryl methyl sites for hydroxylation is 2. The zero-order chi connectivity index (χ0) is 14.8. The van der Waals surface area contributed by atoms with Crippen LogP contribution in [0, 0.1) is 6.92 Å². The highest BCUT2D eigenvalue weighted by atomic mass is 16.2. The van der Waals surface area contributed by atoms with Crippen LogP contribution in [0.5, 0.6) is 0 Å². The van der Waals surface area contributed by atoms with Crippen molar-refractivity contribution in [2.45, 2.75) is 19.8 Å². The summed E-state index contributed by atoms with van der Waals surface area (Å²) in [5, 5.41) is 3.00. The third-order valence-corrected chi connectivity index (χ3v) is 3.81. The molecule has 0 aliphatic carbocycles. The van der Waals surface area contributed by atoms with Crippen LogP contribution in [0.1, 0.15) is 28.0 Å². The molecule has 4 nitrogen and oxygen atoms in total. The van der Waals surface area contributed by atoms with Crippen molar-refractivity contribution >= 4 is 17.4 Å². The largest absolute Gasteiger partial charge is 0.373 e. The van der Waals surface area contributed by atoms with E-state index in [1.165, 1.54) is 5.56 Å². The summed E-state index contributed by atoms with van der Waals surface area (Å²) in [6.07, 6.45) is 2.04. The Morgan fingerprint density at radius 3 is 2.90 bits per heavy atom. The van der Waals surface area contributed by atoms with Crippen molar-refractivity contribution in [1.29, 1.82) is 0 Å². The molecule has 1 aromatic heterocycles. The van der Waals surface area contributed by atoms with Gasteiger partial charge in [-0.25, -0.2) is 4.98 Å². The first kappa shape index (κ1) is 13.6. The lowest BCUT2D eigenvalue weighted by Gasteiger charge is -2.29. The Kier molecular flexibility index (Phi) is 3.60. The van der Waals surface area contributed by atoms with Crippen LogP contribution in [0.25, 0.3) is 0 Å². The van der Waals surface area contributed by atoms with E-state index in [2.05, 4.69) is 16.4 Å². The zero-order valence-corrected chi connectivity index (χ0v) is 12.4. The number of para-hydroxylation sites is 1. The second kappa shape index (κ2) is 5.56. The van der Waals surface area contributed by atoms with Gasteiger partial charge in [-0.05, 0) is 43.5 Å². The first-order valence-electron chi connectivity index (χ1n) is 7.25. The standard InChI is InChI=1S/C17H19N3O/c1-12-10-14(11-16(18-2)19-12)17(21)20-9-5-7-13-6-3-4-8-15(13)20/h3-4,6,8,10-11H,5,7,9H2,1-2H3,(H,18,19). The fourth-order valence-corrected chi connectivity index (χ4v) is 2.82. The van der Waals surface area contributed by atoms with Gasteiger partial charge in [-0.1, -0.05) is 18.2 Å². The number of hydrogen-bond donors (Lipinski definition) is 1. The fourth-order valence-electron chi connectivity index (χ4n) is 2.82. The van der Waals surface area contributed by atoms with Crippen LogP contribution in [0.3, 0.4) is 0 Å². The second-order valence-electron chi connectivity index (χ2n) is 5.32. The van der Waals surface area contributed by atoms with Crippen LogP contribution in [0.15, 0.2) is 36.4 Å². The van der Waals surface area contributed by atoms with Crippen LogP contribution in [0.2, 0.25) is 0 Å². The molecule has 0 unspecified atom stereocenters. The molecule has 0 bridgehead atoms. The van der Waals surface area contributed by atoms with Gasteiger partial charge in [0, 0.05) is 30.5 Å². The number of rotatable bonds is 2. The molecule has 2 aromatic rings. The van der Waals surface area contributed by atoms with Crippen LogP contribution < -0.4 is 10.2 Å². The highest BCUT2D eigenvalue weighted by Gasteiger charge is 2.23. The van der Waals surface area contributed by atoms with Crippen molar-refractivity contribution in [1.82, 2.24) is 4.98 Å². The van der Waals surface area contributed by atoms with Gasteiger partial charge in [0.05, 0.1) is 0 Å². The lowest BCUT2D eigenvalue weighted by molar-refractivity contribution is 0.0985. The number of aromatic nitrogens is 1. The smallest absolute Gasteiger partial charge is 0.258 e. The van der Waals surface area contributed by atoms with E-state index in [-0.39, 0.29) is 5.91 Å². The normalized spacial score (nSPS) is 13.7. The number of benzene rings is 1. The molecule has 4 heteroatoms. The lowest BCUT2D eigenvalue weighted by atomic mass is 10.0. The van der Waals surface area contributed by atoms with E-state index >= 15 is 0 Å². The molecule has 1 aliphatic heterocycles. The third kappa shape index (κ3) is 2.61. The predicted molar refractivity (Wildman–Crippen MR) is 85.0 cm³/mol. The molecule has 0 radical (unpaired) electrons. The number of carbonyl (C=O) groups is 1. The summed E-state index contributed by atoms with van der Waals surface area (Å²) in [6, 6.07) is 11.8. The average molecular weight is 281 g/mol. The molecule has 1 N–H and O–H groups in total. The molecule has 21 heavy (non-hydrogen) atoms. The first-order chi connectivity index (χ1) is 10.2. The highest BCUT2D eigenvalue weighted by Crippen LogP contribution is 2.28. The Bertz CT molecular complexity index is 681. The van der Waals surface area contributed by atoms with Crippen molar-refractivity contribution in [2.24, 2.45) is 0 Å². The molecule has 2 heterocycles. The van der Waals surface area contributed by atoms with Gasteiger partial charge in [0.25, 0.3) is 5.91 Å². The molecular formula is C17H19N3O. The van der Waals surface area contributed by atoms with Gasteiger partial charge in [-0.2, -0.15) is 0 Å². The molecule has 1 aromatic carbocycles. The minimum atomic E-state index is 0.0455. The Morgan fingerprint density at radius 1 is 1.29 bits per heavy atom. The van der Waals surface area contributed by atoms with Crippen LogP contribution in [0.4, 0.5) is 11.5 Å². The van der Waals surface area contributed by atoms with Gasteiger partial charge in [-0.3, -0.25) is 4.79 Å². The Labute approximate surface area is 124 Å². The fraction of sp³-hybridized carbons (Fsp3) is 0.294. The van der Waals surface area contributed by atoms with Crippen molar-refractivity contribution in [2.75, 3.05) is 23.8 Å². The van der Waals surface area contributed by atoms with Crippen molar-refractivity contribution in [3.63, 3.8) is 0 Å². The van der Waals surface area contributed by atoms with E-state index in [0.717, 1.165) is 36.6 Å². The molecule has 0 fully saturated rings. The Morgan fingerprint density at radius 2 is 2.10 bits per heavy atom. The first-order valence-corrected chi connectivity index (χ1v) is 7.25. The zero-order valence-electron chi connectivity index (χ0n) is 12.4. The molecule has 0 saturated heterocycles. The van der Waals surface area contributed by atoms with E-state index in [4.69, 9.17) is 0 Å². The molecule has 1 aliphatic rings. The van der Waals surface area contributed by atoms with Gasteiger partial charge >= 0.3 is 0 Å². The number of pyridine rings is 1. The molecule has 0 spiro atoms. The van der Waals surface area contributed by atoms with Crippen molar-refractivity contribution in [3.05, 3.63) is 53.2 Å². The van der Waals surface area contributed by atoms with E-state index in [9.17, 15) is 4.79 Å². The number of amides is 1. The number of nitrogens with one attached hydrogen (secondary N) is 1. The topological polar surface area (TPSA) is 45.2 Å². The minimum Gasteiger partial charge on any atom is -0.373 e. The van der Waals surface area contributed by atoms with Crippen molar-refractivity contribution in [3.8, 4) is 0 Å². The molecule has 108 valence electrons. The number of fused-ring (bicyclic) bond motifs is 1. The highest BCUT2D eigenvalue weighted by molar-refractivity contribution is 6.07. The second-order valence-corrected chi connectivity index (χ2v) is 5.32. The maximum absolute atomic E-state index is 12.9. The molecule has 0 saturated carbocycles. The van der Waals surface area contributed by atoms with E-state index in [0.29, 0.717) is 5.56 Å². The summed E-state index contributed by atoms with van der Waals surface area (Å²) in [7, 11) is 1.81. The van der Waals surface area contributed by atoms with Gasteiger partial charge in [0.1, 0.15) is 5.82 Å². The lowest BCUT2D eigenvalue weighted by Crippen LogP contribution is -2.35. The number of nitrogens with zero attached hydrogens (tertiary/aromatic N) is 2. The quantitative estimate of drug-likeness (QED) is 0.920. The summed E-state index contributed by atoms with van der Waals surface area (Å²) >= 11 is 0. The van der Waals surface area contributed by atoms with E-state index in [1.54, 1.807) is 0 Å². The number of carbonyl (C=O) groups excluding carboxylic acids is 1. The molecule has 1 amide bonds. The predicted octanol–water partition coefficient (Wildman–Crippen LogP) is 3.02. The average Bonchev–Trinajstić information content (AvgIpc) is 2.53. The maximum Gasteiger partial charge on any atom is 0.258 e. The van der Waals surface area contributed by atoms with Crippen LogP contribution >= 0.6 is 0 Å². The van der Waals surface area contributed by atoms with E-state index in [1.807, 2.05) is 49.2 Å². The number of anilines is 2. The summed E-state index contributed by atoms with van der Waals surface area (Å²) < 4.78 is 0. The van der Waals surface area contributed by atoms with Gasteiger partial charge < -0.3 is 10.2 Å². The van der Waals surface area contributed by atoms with E-state index < -0.39 is 0 Å². The monoisotopic (exact) mass is 281 g/mol.